The van der Waals surface area contributed by atoms with Gasteiger partial charge in [-0.2, -0.15) is 10.5 Å². The summed E-state index contributed by atoms with van der Waals surface area (Å²) in [4.78, 5) is 29.5. The number of nitrogens with one attached hydrogen (secondary N) is 2. The highest BCUT2D eigenvalue weighted by molar-refractivity contribution is 7.22. The normalized spacial score (nSPS) is 15.1. The van der Waals surface area contributed by atoms with Gasteiger partial charge in [0.05, 0.1) is 32.4 Å². The van der Waals surface area contributed by atoms with E-state index >= 15 is 0 Å². The number of hydrogen-bond donors (Lipinski definition) is 2. The summed E-state index contributed by atoms with van der Waals surface area (Å²) >= 11 is 7.42. The van der Waals surface area contributed by atoms with Crippen LogP contribution < -0.4 is 15.4 Å². The zero-order valence-corrected chi connectivity index (χ0v) is 22.3. The van der Waals surface area contributed by atoms with Gasteiger partial charge in [-0.15, -0.1) is 0 Å². The Morgan fingerprint density at radius 3 is 2.60 bits per heavy atom. The second kappa shape index (κ2) is 9.91. The number of carbonyl (C=O) groups is 2. The third-order valence-electron chi connectivity index (χ3n) is 6.94. The highest BCUT2D eigenvalue weighted by Gasteiger charge is 2.45. The van der Waals surface area contributed by atoms with Crippen LogP contribution in [0.1, 0.15) is 47.2 Å². The number of amides is 2. The van der Waals surface area contributed by atoms with Crippen molar-refractivity contribution in [1.82, 2.24) is 4.98 Å². The Bertz CT molecular complexity index is 1800. The number of rotatable bonds is 7. The summed E-state index contributed by atoms with van der Waals surface area (Å²) in [5.74, 6) is -1.24. The summed E-state index contributed by atoms with van der Waals surface area (Å²) in [5.41, 5.74) is 0.993. The second-order valence-electron chi connectivity index (χ2n) is 9.77. The Hall–Kier alpha value is -4.51. The van der Waals surface area contributed by atoms with E-state index in [0.29, 0.717) is 15.3 Å². The predicted molar refractivity (Wildman–Crippen MR) is 148 cm³/mol. The first-order valence-corrected chi connectivity index (χ1v) is 13.6. The maximum Gasteiger partial charge on any atom is 0.255 e. The lowest BCUT2D eigenvalue weighted by Gasteiger charge is -2.13. The van der Waals surface area contributed by atoms with Crippen LogP contribution in [0.15, 0.2) is 48.5 Å². The summed E-state index contributed by atoms with van der Waals surface area (Å²) in [5, 5.41) is 25.0. The summed E-state index contributed by atoms with van der Waals surface area (Å²) in [6.07, 6.45) is 3.17. The van der Waals surface area contributed by atoms with Crippen LogP contribution >= 0.6 is 22.9 Å². The quantitative estimate of drug-likeness (QED) is 0.248. The average molecular weight is 572 g/mol. The number of carbonyl (C=O) groups excluding carboxylic acids is 2. The fourth-order valence-electron chi connectivity index (χ4n) is 4.34. The molecule has 2 aliphatic rings. The van der Waals surface area contributed by atoms with Crippen molar-refractivity contribution in [2.75, 3.05) is 10.6 Å². The van der Waals surface area contributed by atoms with E-state index in [1.165, 1.54) is 6.07 Å². The fourth-order valence-corrected chi connectivity index (χ4v) is 5.48. The van der Waals surface area contributed by atoms with Crippen molar-refractivity contribution in [3.63, 3.8) is 0 Å². The van der Waals surface area contributed by atoms with E-state index in [2.05, 4.69) is 27.8 Å². The zero-order valence-electron chi connectivity index (χ0n) is 20.8. The molecule has 6 rings (SSSR count). The molecule has 11 heteroatoms. The van der Waals surface area contributed by atoms with Gasteiger partial charge in [0.2, 0.25) is 5.91 Å². The van der Waals surface area contributed by atoms with E-state index in [4.69, 9.17) is 16.3 Å². The Morgan fingerprint density at radius 2 is 1.90 bits per heavy atom. The van der Waals surface area contributed by atoms with Crippen LogP contribution in [0.5, 0.6) is 11.5 Å². The van der Waals surface area contributed by atoms with Crippen LogP contribution in [0, 0.1) is 34.4 Å². The third-order valence-corrected chi connectivity index (χ3v) is 8.24. The van der Waals surface area contributed by atoms with Gasteiger partial charge in [0.1, 0.15) is 28.9 Å². The predicted octanol–water partition coefficient (Wildman–Crippen LogP) is 6.91. The Balaban J connectivity index is 1.26. The van der Waals surface area contributed by atoms with E-state index in [-0.39, 0.29) is 45.2 Å². The molecule has 2 amide bonds. The molecular weight excluding hydrogens is 553 g/mol. The summed E-state index contributed by atoms with van der Waals surface area (Å²) in [7, 11) is 0. The molecule has 4 aromatic rings. The lowest BCUT2D eigenvalue weighted by atomic mass is 9.96. The van der Waals surface area contributed by atoms with Crippen LogP contribution in [0.3, 0.4) is 0 Å². The van der Waals surface area contributed by atoms with Gasteiger partial charge in [0.25, 0.3) is 5.91 Å². The number of ether oxygens (including phenoxy) is 1. The van der Waals surface area contributed by atoms with Crippen LogP contribution in [0.25, 0.3) is 10.2 Å². The van der Waals surface area contributed by atoms with Gasteiger partial charge < -0.3 is 15.4 Å². The van der Waals surface area contributed by atoms with Gasteiger partial charge in [0.15, 0.2) is 5.13 Å². The monoisotopic (exact) mass is 571 g/mol. The molecule has 0 radical (unpaired) electrons. The first-order valence-electron chi connectivity index (χ1n) is 12.4. The first kappa shape index (κ1) is 25.8. The van der Waals surface area contributed by atoms with Crippen molar-refractivity contribution in [2.45, 2.75) is 31.1 Å². The Kier molecular flexibility index (Phi) is 6.38. The highest BCUT2D eigenvalue weighted by Crippen LogP contribution is 2.47. The minimum Gasteiger partial charge on any atom is -0.454 e. The minimum atomic E-state index is -0.771. The molecule has 0 atom stereocenters. The van der Waals surface area contributed by atoms with Crippen LogP contribution in [-0.4, -0.2) is 16.8 Å². The molecule has 0 spiro atoms. The molecule has 2 aliphatic carbocycles. The number of halogens is 2. The lowest BCUT2D eigenvalue weighted by molar-refractivity contribution is -0.117. The molecular formula is C29H19ClFN5O3S. The molecule has 1 heterocycles. The summed E-state index contributed by atoms with van der Waals surface area (Å²) in [6.45, 7) is 0. The number of fused-ring (bicyclic) bond motifs is 1. The molecule has 3 aromatic carbocycles. The molecule has 0 aliphatic heterocycles. The standard InChI is InChI=1S/C29H19ClFN5O3S/c30-19-11-20(31)22(34-27(38)16-2-1-3-17(10-16)29(14-33)8-9-29)12-24(19)39-23-7-6-21-25(18(23)13-32)40-28(35-21)36-26(37)15-4-5-15/h1-3,6-7,10-12,15H,4-5,8-9H2,(H,34,38)(H,35,36,37). The number of thiazole rings is 1. The van der Waals surface area contributed by atoms with Crippen molar-refractivity contribution in [2.24, 2.45) is 5.92 Å². The van der Waals surface area contributed by atoms with Crippen molar-refractivity contribution < 1.29 is 18.7 Å². The molecule has 0 saturated heterocycles. The number of nitriles is 2. The van der Waals surface area contributed by atoms with Crippen LogP contribution in [0.4, 0.5) is 15.2 Å². The number of nitrogens with zero attached hydrogens (tertiary/aromatic N) is 3. The fraction of sp³-hybridized carbons (Fsp3) is 0.207. The highest BCUT2D eigenvalue weighted by atomic mass is 35.5. The minimum absolute atomic E-state index is 0.00738. The first-order chi connectivity index (χ1) is 19.3. The van der Waals surface area contributed by atoms with Gasteiger partial charge >= 0.3 is 0 Å². The number of benzene rings is 3. The number of anilines is 2. The van der Waals surface area contributed by atoms with Gasteiger partial charge in [-0.05, 0) is 61.6 Å². The molecule has 2 saturated carbocycles. The molecule has 198 valence electrons. The number of hydrogen-bond acceptors (Lipinski definition) is 7. The van der Waals surface area contributed by atoms with E-state index in [0.717, 1.165) is 48.6 Å². The molecule has 0 unspecified atom stereocenters. The van der Waals surface area contributed by atoms with Crippen molar-refractivity contribution in [3.05, 3.63) is 76.1 Å². The lowest BCUT2D eigenvalue weighted by Crippen LogP contribution is -2.14. The van der Waals surface area contributed by atoms with E-state index in [1.807, 2.05) is 0 Å². The smallest absolute Gasteiger partial charge is 0.255 e. The molecule has 2 fully saturated rings. The average Bonchev–Trinajstić information content (AvgIpc) is 3.88. The number of aromatic nitrogens is 1. The molecule has 40 heavy (non-hydrogen) atoms. The topological polar surface area (TPSA) is 128 Å². The van der Waals surface area contributed by atoms with Gasteiger partial charge in [-0.25, -0.2) is 9.37 Å². The second-order valence-corrected chi connectivity index (χ2v) is 11.2. The molecule has 8 nitrogen and oxygen atoms in total. The van der Waals surface area contributed by atoms with Crippen LogP contribution in [-0.2, 0) is 10.2 Å². The van der Waals surface area contributed by atoms with Crippen molar-refractivity contribution in [3.8, 4) is 23.6 Å². The van der Waals surface area contributed by atoms with E-state index in [9.17, 15) is 24.5 Å². The zero-order chi connectivity index (χ0) is 28.0. The molecule has 0 bridgehead atoms. The van der Waals surface area contributed by atoms with Crippen molar-refractivity contribution >= 4 is 55.8 Å². The molecule has 1 aromatic heterocycles. The SMILES string of the molecule is N#Cc1c(Oc2cc(NC(=O)c3cccc(C4(C#N)CC4)c3)c(F)cc2Cl)ccc2nc(NC(=O)C3CC3)sc12. The Morgan fingerprint density at radius 1 is 1.10 bits per heavy atom. The summed E-state index contributed by atoms with van der Waals surface area (Å²) < 4.78 is 21.3. The van der Waals surface area contributed by atoms with E-state index in [1.54, 1.807) is 36.4 Å². The van der Waals surface area contributed by atoms with Crippen molar-refractivity contribution in [1.29, 1.82) is 10.5 Å². The maximum absolute atomic E-state index is 14.8. The van der Waals surface area contributed by atoms with Gasteiger partial charge in [-0.3, -0.25) is 9.59 Å². The van der Waals surface area contributed by atoms with E-state index < -0.39 is 17.1 Å². The van der Waals surface area contributed by atoms with Gasteiger partial charge in [-0.1, -0.05) is 35.1 Å². The third kappa shape index (κ3) is 4.84. The van der Waals surface area contributed by atoms with Gasteiger partial charge in [0, 0.05) is 17.5 Å². The van der Waals surface area contributed by atoms with Crippen LogP contribution in [0.2, 0.25) is 5.02 Å². The largest absolute Gasteiger partial charge is 0.454 e. The summed E-state index contributed by atoms with van der Waals surface area (Å²) in [6, 6.07) is 16.6. The Labute approximate surface area is 237 Å². The molecule has 2 N–H and O–H groups in total. The maximum atomic E-state index is 14.8.